The summed E-state index contributed by atoms with van der Waals surface area (Å²) in [5, 5.41) is 2.87. The summed E-state index contributed by atoms with van der Waals surface area (Å²) in [6.07, 6.45) is 4.27. The van der Waals surface area contributed by atoms with Crippen LogP contribution < -0.4 is 5.32 Å². The maximum atomic E-state index is 12.6. The number of hydrogen-bond acceptors (Lipinski definition) is 2. The number of carbonyl (C=O) groups is 2. The summed E-state index contributed by atoms with van der Waals surface area (Å²) in [4.78, 5) is 26.7. The van der Waals surface area contributed by atoms with Gasteiger partial charge in [0.25, 0.3) is 0 Å². The third-order valence-corrected chi connectivity index (χ3v) is 4.32. The molecule has 4 nitrogen and oxygen atoms in total. The van der Waals surface area contributed by atoms with Gasteiger partial charge in [-0.25, -0.2) is 0 Å². The van der Waals surface area contributed by atoms with Crippen LogP contribution >= 0.6 is 0 Å². The second-order valence-electron chi connectivity index (χ2n) is 6.43. The minimum atomic E-state index is -0.329. The zero-order chi connectivity index (χ0) is 14.2. The average Bonchev–Trinajstić information content (AvgIpc) is 3.14. The molecule has 2 amide bonds. The molecular formula is C15H26N2O2. The first-order chi connectivity index (χ1) is 8.95. The molecule has 1 aliphatic heterocycles. The molecule has 0 aromatic rings. The lowest BCUT2D eigenvalue weighted by atomic mass is 9.93. The molecule has 1 aliphatic carbocycles. The third kappa shape index (κ3) is 2.93. The molecule has 0 spiro atoms. The second kappa shape index (κ2) is 5.51. The molecule has 4 heteroatoms. The number of nitrogens with one attached hydrogen (secondary N) is 1. The van der Waals surface area contributed by atoms with Gasteiger partial charge in [-0.15, -0.1) is 0 Å². The Balaban J connectivity index is 2.19. The first-order valence-corrected chi connectivity index (χ1v) is 7.58. The standard InChI is InChI=1S/C15H26N2O2/c1-5-12-15(19)17(10(4)8-11-6-7-11)13(9(2)3)14(18)16-12/h9-13H,5-8H2,1-4H3,(H,16,18). The van der Waals surface area contributed by atoms with Crippen LogP contribution in [0.5, 0.6) is 0 Å². The van der Waals surface area contributed by atoms with Gasteiger partial charge in [0.2, 0.25) is 11.8 Å². The van der Waals surface area contributed by atoms with Crippen molar-refractivity contribution in [2.45, 2.75) is 71.5 Å². The van der Waals surface area contributed by atoms with Crippen LogP contribution in [0, 0.1) is 11.8 Å². The highest BCUT2D eigenvalue weighted by Crippen LogP contribution is 2.36. The molecule has 1 heterocycles. The predicted molar refractivity (Wildman–Crippen MR) is 74.5 cm³/mol. The summed E-state index contributed by atoms with van der Waals surface area (Å²) in [6.45, 7) is 8.07. The van der Waals surface area contributed by atoms with Crippen molar-refractivity contribution >= 4 is 11.8 Å². The Morgan fingerprint density at radius 3 is 2.37 bits per heavy atom. The fourth-order valence-corrected chi connectivity index (χ4v) is 3.10. The van der Waals surface area contributed by atoms with Crippen molar-refractivity contribution in [2.75, 3.05) is 0 Å². The van der Waals surface area contributed by atoms with E-state index in [0.29, 0.717) is 6.42 Å². The van der Waals surface area contributed by atoms with E-state index in [-0.39, 0.29) is 35.9 Å². The number of carbonyl (C=O) groups excluding carboxylic acids is 2. The number of piperazine rings is 1. The molecule has 1 saturated heterocycles. The third-order valence-electron chi connectivity index (χ3n) is 4.32. The van der Waals surface area contributed by atoms with Crippen molar-refractivity contribution in [3.63, 3.8) is 0 Å². The van der Waals surface area contributed by atoms with Gasteiger partial charge in [-0.1, -0.05) is 33.6 Å². The largest absolute Gasteiger partial charge is 0.343 e. The Labute approximate surface area is 115 Å². The minimum absolute atomic E-state index is 0.0177. The second-order valence-corrected chi connectivity index (χ2v) is 6.43. The summed E-state index contributed by atoms with van der Waals surface area (Å²) >= 11 is 0. The lowest BCUT2D eigenvalue weighted by Crippen LogP contribution is -2.66. The van der Waals surface area contributed by atoms with E-state index < -0.39 is 0 Å². The highest BCUT2D eigenvalue weighted by Gasteiger charge is 2.44. The van der Waals surface area contributed by atoms with E-state index in [1.165, 1.54) is 12.8 Å². The Morgan fingerprint density at radius 1 is 1.26 bits per heavy atom. The van der Waals surface area contributed by atoms with Crippen LogP contribution in [0.3, 0.4) is 0 Å². The topological polar surface area (TPSA) is 49.4 Å². The van der Waals surface area contributed by atoms with Crippen molar-refractivity contribution in [1.29, 1.82) is 0 Å². The highest BCUT2D eigenvalue weighted by molar-refractivity contribution is 5.97. The van der Waals surface area contributed by atoms with E-state index in [2.05, 4.69) is 12.2 Å². The van der Waals surface area contributed by atoms with Crippen LogP contribution in [-0.2, 0) is 9.59 Å². The van der Waals surface area contributed by atoms with E-state index in [1.54, 1.807) is 0 Å². The molecule has 0 bridgehead atoms. The Morgan fingerprint density at radius 2 is 1.89 bits per heavy atom. The molecule has 19 heavy (non-hydrogen) atoms. The van der Waals surface area contributed by atoms with E-state index in [4.69, 9.17) is 0 Å². The van der Waals surface area contributed by atoms with Gasteiger partial charge in [0.05, 0.1) is 0 Å². The van der Waals surface area contributed by atoms with Crippen molar-refractivity contribution in [3.05, 3.63) is 0 Å². The van der Waals surface area contributed by atoms with Crippen LogP contribution in [-0.4, -0.2) is 34.8 Å². The first-order valence-electron chi connectivity index (χ1n) is 7.58. The molecule has 0 radical (unpaired) electrons. The monoisotopic (exact) mass is 266 g/mol. The van der Waals surface area contributed by atoms with E-state index >= 15 is 0 Å². The number of nitrogens with zero attached hydrogens (tertiary/aromatic N) is 1. The maximum absolute atomic E-state index is 12.6. The maximum Gasteiger partial charge on any atom is 0.246 e. The van der Waals surface area contributed by atoms with Crippen molar-refractivity contribution < 1.29 is 9.59 Å². The van der Waals surface area contributed by atoms with Crippen LogP contribution in [0.25, 0.3) is 0 Å². The van der Waals surface area contributed by atoms with Crippen molar-refractivity contribution in [2.24, 2.45) is 11.8 Å². The first kappa shape index (κ1) is 14.4. The summed E-state index contributed by atoms with van der Waals surface area (Å²) < 4.78 is 0. The normalized spacial score (nSPS) is 29.6. The van der Waals surface area contributed by atoms with Gasteiger partial charge in [-0.05, 0) is 31.6 Å². The fourth-order valence-electron chi connectivity index (χ4n) is 3.10. The molecule has 2 rings (SSSR count). The Bertz CT molecular complexity index is 363. The molecule has 1 saturated carbocycles. The minimum Gasteiger partial charge on any atom is -0.343 e. The molecule has 2 fully saturated rings. The molecule has 0 aromatic heterocycles. The SMILES string of the molecule is CCC1NC(=O)C(C(C)C)N(C(C)CC2CC2)C1=O. The van der Waals surface area contributed by atoms with E-state index in [1.807, 2.05) is 25.7 Å². The molecule has 1 N–H and O–H groups in total. The van der Waals surface area contributed by atoms with E-state index in [9.17, 15) is 9.59 Å². The molecule has 3 atom stereocenters. The van der Waals surface area contributed by atoms with Crippen LogP contribution in [0.15, 0.2) is 0 Å². The molecular weight excluding hydrogens is 240 g/mol. The molecule has 2 aliphatic rings. The van der Waals surface area contributed by atoms with Gasteiger partial charge in [0.15, 0.2) is 0 Å². The van der Waals surface area contributed by atoms with Gasteiger partial charge in [0.1, 0.15) is 12.1 Å². The van der Waals surface area contributed by atoms with E-state index in [0.717, 1.165) is 12.3 Å². The lowest BCUT2D eigenvalue weighted by Gasteiger charge is -2.44. The average molecular weight is 266 g/mol. The van der Waals surface area contributed by atoms with Gasteiger partial charge in [-0.2, -0.15) is 0 Å². The Hall–Kier alpha value is -1.06. The summed E-state index contributed by atoms with van der Waals surface area (Å²) in [6, 6.07) is -0.458. The van der Waals surface area contributed by atoms with Crippen molar-refractivity contribution in [1.82, 2.24) is 10.2 Å². The number of amides is 2. The summed E-state index contributed by atoms with van der Waals surface area (Å²) in [7, 11) is 0. The van der Waals surface area contributed by atoms with Gasteiger partial charge >= 0.3 is 0 Å². The zero-order valence-electron chi connectivity index (χ0n) is 12.5. The van der Waals surface area contributed by atoms with Crippen molar-refractivity contribution in [3.8, 4) is 0 Å². The molecule has 108 valence electrons. The summed E-state index contributed by atoms with van der Waals surface area (Å²) in [5.74, 6) is 1.04. The van der Waals surface area contributed by atoms with Crippen LogP contribution in [0.2, 0.25) is 0 Å². The zero-order valence-corrected chi connectivity index (χ0v) is 12.5. The predicted octanol–water partition coefficient (Wildman–Crippen LogP) is 1.94. The lowest BCUT2D eigenvalue weighted by molar-refractivity contribution is -0.154. The van der Waals surface area contributed by atoms with Gasteiger partial charge in [-0.3, -0.25) is 9.59 Å². The fraction of sp³-hybridized carbons (Fsp3) is 0.867. The quantitative estimate of drug-likeness (QED) is 0.826. The molecule has 0 aromatic carbocycles. The smallest absolute Gasteiger partial charge is 0.246 e. The van der Waals surface area contributed by atoms with Crippen LogP contribution in [0.4, 0.5) is 0 Å². The van der Waals surface area contributed by atoms with Crippen LogP contribution in [0.1, 0.15) is 53.4 Å². The highest BCUT2D eigenvalue weighted by atomic mass is 16.2. The number of hydrogen-bond donors (Lipinski definition) is 1. The summed E-state index contributed by atoms with van der Waals surface area (Å²) in [5.41, 5.74) is 0. The van der Waals surface area contributed by atoms with Gasteiger partial charge < -0.3 is 10.2 Å². The van der Waals surface area contributed by atoms with Gasteiger partial charge in [0, 0.05) is 6.04 Å². The Kier molecular flexibility index (Phi) is 4.16. The molecule has 3 unspecified atom stereocenters. The number of rotatable bonds is 5.